The summed E-state index contributed by atoms with van der Waals surface area (Å²) in [5.41, 5.74) is 7.95. The highest BCUT2D eigenvalue weighted by Crippen LogP contribution is 2.27. The Balaban J connectivity index is 2.36. The maximum absolute atomic E-state index is 11.4. The van der Waals surface area contributed by atoms with E-state index in [9.17, 15) is 4.79 Å². The lowest BCUT2D eigenvalue weighted by Crippen LogP contribution is -2.36. The average Bonchev–Trinajstić information content (AvgIpc) is 2.79. The highest BCUT2D eigenvalue weighted by atomic mass is 16.5. The summed E-state index contributed by atoms with van der Waals surface area (Å²) >= 11 is 0. The van der Waals surface area contributed by atoms with Gasteiger partial charge in [0, 0.05) is 23.0 Å². The number of carbonyl (C=O) groups is 1. The summed E-state index contributed by atoms with van der Waals surface area (Å²) in [7, 11) is 1.35. The monoisotopic (exact) mass is 232 g/mol. The van der Waals surface area contributed by atoms with Crippen molar-refractivity contribution in [1.82, 2.24) is 4.98 Å². The van der Waals surface area contributed by atoms with Gasteiger partial charge in [-0.05, 0) is 11.6 Å². The number of benzene rings is 1. The van der Waals surface area contributed by atoms with Crippen LogP contribution in [0.2, 0.25) is 0 Å². The largest absolute Gasteiger partial charge is 0.468 e. The first-order chi connectivity index (χ1) is 8.15. The number of aromatic amines is 1. The molecule has 90 valence electrons. The standard InChI is InChI=1S/C13H16N2O2/c1-8(12(14)13(16)17-2)10-7-15-11-6-4-3-5-9(10)11/h3-8,12,15H,14H2,1-2H3/t8-,12-/m0/s1. The molecule has 0 fully saturated rings. The van der Waals surface area contributed by atoms with Crippen molar-refractivity contribution >= 4 is 16.9 Å². The molecule has 0 saturated carbocycles. The van der Waals surface area contributed by atoms with Crippen molar-refractivity contribution in [3.63, 3.8) is 0 Å². The minimum atomic E-state index is -0.640. The zero-order chi connectivity index (χ0) is 12.4. The Hall–Kier alpha value is -1.81. The molecule has 0 aliphatic carbocycles. The first-order valence-corrected chi connectivity index (χ1v) is 5.54. The van der Waals surface area contributed by atoms with E-state index in [1.54, 1.807) is 0 Å². The molecule has 17 heavy (non-hydrogen) atoms. The molecule has 1 aromatic heterocycles. The smallest absolute Gasteiger partial charge is 0.323 e. The summed E-state index contributed by atoms with van der Waals surface area (Å²) in [6.45, 7) is 1.93. The Kier molecular flexibility index (Phi) is 3.15. The maximum atomic E-state index is 11.4. The van der Waals surface area contributed by atoms with Gasteiger partial charge in [-0.3, -0.25) is 4.79 Å². The third-order valence-electron chi connectivity index (χ3n) is 3.12. The van der Waals surface area contributed by atoms with Crippen LogP contribution in [0, 0.1) is 0 Å². The van der Waals surface area contributed by atoms with Crippen molar-refractivity contribution in [2.24, 2.45) is 5.73 Å². The summed E-state index contributed by atoms with van der Waals surface area (Å²) in [6, 6.07) is 7.31. The molecule has 0 aliphatic heterocycles. The number of nitrogens with two attached hydrogens (primary N) is 1. The van der Waals surface area contributed by atoms with Crippen LogP contribution in [0.3, 0.4) is 0 Å². The molecule has 4 nitrogen and oxygen atoms in total. The number of rotatable bonds is 3. The predicted octanol–water partition coefficient (Wildman–Crippen LogP) is 1.77. The number of H-pyrrole nitrogens is 1. The summed E-state index contributed by atoms with van der Waals surface area (Å²) in [4.78, 5) is 14.6. The van der Waals surface area contributed by atoms with E-state index in [1.165, 1.54) is 7.11 Å². The highest BCUT2D eigenvalue weighted by Gasteiger charge is 2.24. The zero-order valence-corrected chi connectivity index (χ0v) is 9.94. The van der Waals surface area contributed by atoms with Crippen molar-refractivity contribution in [3.8, 4) is 0 Å². The van der Waals surface area contributed by atoms with Crippen LogP contribution in [0.1, 0.15) is 18.4 Å². The minimum Gasteiger partial charge on any atom is -0.468 e. The molecule has 1 heterocycles. The van der Waals surface area contributed by atoms with Crippen molar-refractivity contribution in [2.45, 2.75) is 18.9 Å². The Morgan fingerprint density at radius 1 is 1.41 bits per heavy atom. The van der Waals surface area contributed by atoms with E-state index in [4.69, 9.17) is 5.73 Å². The molecule has 0 aliphatic rings. The van der Waals surface area contributed by atoms with Gasteiger partial charge in [-0.15, -0.1) is 0 Å². The first kappa shape index (κ1) is 11.7. The summed E-state index contributed by atoms with van der Waals surface area (Å²) < 4.78 is 4.67. The normalized spacial score (nSPS) is 14.5. The predicted molar refractivity (Wildman–Crippen MR) is 66.7 cm³/mol. The fourth-order valence-corrected chi connectivity index (χ4v) is 2.00. The first-order valence-electron chi connectivity index (χ1n) is 5.54. The average molecular weight is 232 g/mol. The van der Waals surface area contributed by atoms with E-state index in [0.717, 1.165) is 16.5 Å². The van der Waals surface area contributed by atoms with Gasteiger partial charge in [-0.1, -0.05) is 25.1 Å². The van der Waals surface area contributed by atoms with Crippen LogP contribution in [0.5, 0.6) is 0 Å². The number of para-hydroxylation sites is 1. The number of carbonyl (C=O) groups excluding carboxylic acids is 1. The van der Waals surface area contributed by atoms with Gasteiger partial charge >= 0.3 is 5.97 Å². The fourth-order valence-electron chi connectivity index (χ4n) is 2.00. The van der Waals surface area contributed by atoms with Crippen molar-refractivity contribution in [2.75, 3.05) is 7.11 Å². The molecule has 0 spiro atoms. The molecule has 4 heteroatoms. The van der Waals surface area contributed by atoms with Crippen LogP contribution >= 0.6 is 0 Å². The number of hydrogen-bond donors (Lipinski definition) is 2. The highest BCUT2D eigenvalue weighted by molar-refractivity contribution is 5.85. The second kappa shape index (κ2) is 4.59. The number of methoxy groups -OCH3 is 1. The van der Waals surface area contributed by atoms with Crippen LogP contribution < -0.4 is 5.73 Å². The van der Waals surface area contributed by atoms with Crippen molar-refractivity contribution < 1.29 is 9.53 Å². The third-order valence-corrected chi connectivity index (χ3v) is 3.12. The SMILES string of the molecule is COC(=O)[C@@H](N)[C@@H](C)c1c[nH]c2ccccc12. The minimum absolute atomic E-state index is 0.0846. The summed E-state index contributed by atoms with van der Waals surface area (Å²) in [5, 5.41) is 1.10. The fraction of sp³-hybridized carbons (Fsp3) is 0.308. The third kappa shape index (κ3) is 2.03. The van der Waals surface area contributed by atoms with E-state index >= 15 is 0 Å². The molecule has 2 aromatic rings. The number of ether oxygens (including phenoxy) is 1. The van der Waals surface area contributed by atoms with Gasteiger partial charge in [0.05, 0.1) is 7.11 Å². The molecule has 2 rings (SSSR count). The molecule has 0 saturated heterocycles. The van der Waals surface area contributed by atoms with Gasteiger partial charge in [0.2, 0.25) is 0 Å². The zero-order valence-electron chi connectivity index (χ0n) is 9.94. The number of fused-ring (bicyclic) bond motifs is 1. The second-order valence-corrected chi connectivity index (χ2v) is 4.13. The van der Waals surface area contributed by atoms with Gasteiger partial charge in [0.25, 0.3) is 0 Å². The number of hydrogen-bond acceptors (Lipinski definition) is 3. The van der Waals surface area contributed by atoms with E-state index in [-0.39, 0.29) is 11.9 Å². The van der Waals surface area contributed by atoms with Crippen molar-refractivity contribution in [1.29, 1.82) is 0 Å². The molecular formula is C13H16N2O2. The van der Waals surface area contributed by atoms with Crippen LogP contribution in [-0.4, -0.2) is 24.1 Å². The Labute approximate surface area is 99.8 Å². The molecule has 0 unspecified atom stereocenters. The van der Waals surface area contributed by atoms with E-state index in [1.807, 2.05) is 37.4 Å². The lowest BCUT2D eigenvalue weighted by molar-refractivity contribution is -0.142. The van der Waals surface area contributed by atoms with E-state index < -0.39 is 6.04 Å². The van der Waals surface area contributed by atoms with Gasteiger partial charge in [0.1, 0.15) is 6.04 Å². The molecule has 2 atom stereocenters. The molecule has 0 bridgehead atoms. The topological polar surface area (TPSA) is 68.1 Å². The van der Waals surface area contributed by atoms with Crippen LogP contribution in [0.15, 0.2) is 30.5 Å². The molecule has 0 amide bonds. The Morgan fingerprint density at radius 2 is 2.12 bits per heavy atom. The van der Waals surface area contributed by atoms with Gasteiger partial charge < -0.3 is 15.5 Å². The van der Waals surface area contributed by atoms with Gasteiger partial charge in [-0.25, -0.2) is 0 Å². The number of nitrogens with one attached hydrogen (secondary N) is 1. The van der Waals surface area contributed by atoms with E-state index in [2.05, 4.69) is 9.72 Å². The van der Waals surface area contributed by atoms with E-state index in [0.29, 0.717) is 0 Å². The lowest BCUT2D eigenvalue weighted by Gasteiger charge is -2.17. The second-order valence-electron chi connectivity index (χ2n) is 4.13. The molecule has 3 N–H and O–H groups in total. The Morgan fingerprint density at radius 3 is 2.82 bits per heavy atom. The van der Waals surface area contributed by atoms with Crippen LogP contribution in [0.4, 0.5) is 0 Å². The number of esters is 1. The number of aromatic nitrogens is 1. The van der Waals surface area contributed by atoms with Gasteiger partial charge in [0.15, 0.2) is 0 Å². The van der Waals surface area contributed by atoms with Crippen molar-refractivity contribution in [3.05, 3.63) is 36.0 Å². The van der Waals surface area contributed by atoms with Crippen LogP contribution in [0.25, 0.3) is 10.9 Å². The molecule has 1 aromatic carbocycles. The van der Waals surface area contributed by atoms with Crippen LogP contribution in [-0.2, 0) is 9.53 Å². The Bertz CT molecular complexity index is 533. The quantitative estimate of drug-likeness (QED) is 0.792. The molecule has 0 radical (unpaired) electrons. The van der Waals surface area contributed by atoms with Gasteiger partial charge in [-0.2, -0.15) is 0 Å². The lowest BCUT2D eigenvalue weighted by atomic mass is 9.93. The maximum Gasteiger partial charge on any atom is 0.323 e. The summed E-state index contributed by atoms with van der Waals surface area (Å²) in [6.07, 6.45) is 1.90. The molecular weight excluding hydrogens is 216 g/mol. The summed E-state index contributed by atoms with van der Waals surface area (Å²) in [5.74, 6) is -0.471.